The fourth-order valence-corrected chi connectivity index (χ4v) is 4.20. The first-order valence-electron chi connectivity index (χ1n) is 10.2. The van der Waals surface area contributed by atoms with E-state index in [1.165, 1.54) is 5.56 Å². The maximum absolute atomic E-state index is 12.8. The van der Waals surface area contributed by atoms with Crippen molar-refractivity contribution in [2.75, 3.05) is 7.05 Å². The van der Waals surface area contributed by atoms with Gasteiger partial charge in [0.2, 0.25) is 0 Å². The summed E-state index contributed by atoms with van der Waals surface area (Å²) >= 11 is 0. The fourth-order valence-electron chi connectivity index (χ4n) is 4.20. The number of carbonyl (C=O) groups is 1. The zero-order valence-corrected chi connectivity index (χ0v) is 17.3. The van der Waals surface area contributed by atoms with E-state index in [1.807, 2.05) is 31.3 Å². The van der Waals surface area contributed by atoms with Crippen molar-refractivity contribution >= 4 is 5.78 Å². The highest BCUT2D eigenvalue weighted by Crippen LogP contribution is 2.44. The lowest BCUT2D eigenvalue weighted by molar-refractivity contribution is -0.116. The lowest BCUT2D eigenvalue weighted by Gasteiger charge is -2.37. The standard InChI is InChI=1S/C25H25N3O2/c1-16-6-8-17(9-7-16)15-30-19-12-10-18(11-13-19)23-20(14-26)25(27)28(2)21-4-3-5-22(29)24(21)23/h6-13,23H,3-5,15,27H2,1-2H3/t23-/m0/s1. The van der Waals surface area contributed by atoms with Crippen molar-refractivity contribution in [3.05, 3.63) is 87.9 Å². The van der Waals surface area contributed by atoms with Crippen LogP contribution in [0.5, 0.6) is 5.75 Å². The normalized spacial score (nSPS) is 18.9. The van der Waals surface area contributed by atoms with Gasteiger partial charge in [0.1, 0.15) is 18.2 Å². The molecular formula is C25H25N3O2. The molecular weight excluding hydrogens is 374 g/mol. The van der Waals surface area contributed by atoms with E-state index in [-0.39, 0.29) is 5.78 Å². The quantitative estimate of drug-likeness (QED) is 0.829. The van der Waals surface area contributed by atoms with Crippen molar-refractivity contribution < 1.29 is 9.53 Å². The molecule has 4 rings (SSSR count). The first-order valence-corrected chi connectivity index (χ1v) is 10.2. The Labute approximate surface area is 177 Å². The first kappa shape index (κ1) is 19.8. The fraction of sp³-hybridized carbons (Fsp3) is 0.280. The molecule has 1 aliphatic carbocycles. The van der Waals surface area contributed by atoms with E-state index in [1.54, 1.807) is 4.90 Å². The summed E-state index contributed by atoms with van der Waals surface area (Å²) in [6.45, 7) is 2.54. The number of carbonyl (C=O) groups excluding carboxylic acids is 1. The van der Waals surface area contributed by atoms with Crippen LogP contribution in [-0.4, -0.2) is 17.7 Å². The molecule has 0 bridgehead atoms. The molecule has 2 N–H and O–H groups in total. The number of hydrogen-bond acceptors (Lipinski definition) is 5. The van der Waals surface area contributed by atoms with Crippen molar-refractivity contribution in [3.63, 3.8) is 0 Å². The van der Waals surface area contributed by atoms with Gasteiger partial charge in [0.05, 0.1) is 17.6 Å². The number of nitrogens with two attached hydrogens (primary N) is 1. The number of benzene rings is 2. The van der Waals surface area contributed by atoms with Crippen LogP contribution >= 0.6 is 0 Å². The number of nitrogens with zero attached hydrogens (tertiary/aromatic N) is 2. The van der Waals surface area contributed by atoms with Gasteiger partial charge >= 0.3 is 0 Å². The Morgan fingerprint density at radius 3 is 2.50 bits per heavy atom. The minimum atomic E-state index is -0.417. The maximum Gasteiger partial charge on any atom is 0.161 e. The molecule has 0 spiro atoms. The molecule has 2 aliphatic rings. The van der Waals surface area contributed by atoms with Crippen LogP contribution in [0.1, 0.15) is 41.9 Å². The van der Waals surface area contributed by atoms with Crippen LogP contribution in [0.3, 0.4) is 0 Å². The van der Waals surface area contributed by atoms with E-state index in [2.05, 4.69) is 37.3 Å². The molecule has 0 radical (unpaired) electrons. The van der Waals surface area contributed by atoms with Gasteiger partial charge in [-0.15, -0.1) is 0 Å². The zero-order valence-electron chi connectivity index (χ0n) is 17.3. The average molecular weight is 399 g/mol. The average Bonchev–Trinajstić information content (AvgIpc) is 2.76. The van der Waals surface area contributed by atoms with Gasteiger partial charge in [-0.05, 0) is 43.0 Å². The number of ketones is 1. The molecule has 1 heterocycles. The molecule has 5 heteroatoms. The number of hydrogen-bond donors (Lipinski definition) is 1. The van der Waals surface area contributed by atoms with Gasteiger partial charge in [0.15, 0.2) is 5.78 Å². The smallest absolute Gasteiger partial charge is 0.161 e. The second kappa shape index (κ2) is 8.08. The second-order valence-electron chi connectivity index (χ2n) is 7.88. The van der Waals surface area contributed by atoms with Gasteiger partial charge < -0.3 is 15.4 Å². The van der Waals surface area contributed by atoms with E-state index >= 15 is 0 Å². The van der Waals surface area contributed by atoms with Gasteiger partial charge in [0, 0.05) is 24.7 Å². The third kappa shape index (κ3) is 3.57. The Morgan fingerprint density at radius 1 is 1.13 bits per heavy atom. The van der Waals surface area contributed by atoms with Crippen molar-refractivity contribution in [2.45, 2.75) is 38.7 Å². The van der Waals surface area contributed by atoms with Crippen molar-refractivity contribution in [1.82, 2.24) is 4.90 Å². The predicted octanol–water partition coefficient (Wildman–Crippen LogP) is 4.30. The Bertz CT molecular complexity index is 1070. The molecule has 0 aromatic heterocycles. The van der Waals surface area contributed by atoms with Gasteiger partial charge in [-0.1, -0.05) is 42.0 Å². The lowest BCUT2D eigenvalue weighted by Crippen LogP contribution is -2.36. The number of allylic oxidation sites excluding steroid dienone is 3. The summed E-state index contributed by atoms with van der Waals surface area (Å²) in [4.78, 5) is 14.6. The second-order valence-corrected chi connectivity index (χ2v) is 7.88. The monoisotopic (exact) mass is 399 g/mol. The van der Waals surface area contributed by atoms with E-state index in [9.17, 15) is 10.1 Å². The Kier molecular flexibility index (Phi) is 5.33. The lowest BCUT2D eigenvalue weighted by atomic mass is 9.76. The topological polar surface area (TPSA) is 79.3 Å². The van der Waals surface area contributed by atoms with Crippen molar-refractivity contribution in [1.29, 1.82) is 5.26 Å². The summed E-state index contributed by atoms with van der Waals surface area (Å²) < 4.78 is 5.90. The minimum Gasteiger partial charge on any atom is -0.489 e. The molecule has 152 valence electrons. The Hall–Kier alpha value is -3.52. The summed E-state index contributed by atoms with van der Waals surface area (Å²) in [5, 5.41) is 9.80. The van der Waals surface area contributed by atoms with Crippen LogP contribution in [0, 0.1) is 18.3 Å². The molecule has 0 amide bonds. The van der Waals surface area contributed by atoms with Gasteiger partial charge in [-0.25, -0.2) is 0 Å². The molecule has 0 unspecified atom stereocenters. The largest absolute Gasteiger partial charge is 0.489 e. The molecule has 1 atom stereocenters. The number of nitriles is 1. The van der Waals surface area contributed by atoms with Crippen LogP contribution in [0.2, 0.25) is 0 Å². The molecule has 30 heavy (non-hydrogen) atoms. The molecule has 5 nitrogen and oxygen atoms in total. The van der Waals surface area contributed by atoms with E-state index in [0.717, 1.165) is 35.4 Å². The first-order chi connectivity index (χ1) is 14.5. The third-order valence-electron chi connectivity index (χ3n) is 5.91. The van der Waals surface area contributed by atoms with E-state index < -0.39 is 5.92 Å². The zero-order chi connectivity index (χ0) is 21.3. The highest BCUT2D eigenvalue weighted by atomic mass is 16.5. The van der Waals surface area contributed by atoms with Crippen LogP contribution in [0.25, 0.3) is 0 Å². The SMILES string of the molecule is Cc1ccc(COc2ccc([C@H]3C(C#N)=C(N)N(C)C4=C3C(=O)CCC4)cc2)cc1. The number of ether oxygens (including phenoxy) is 1. The van der Waals surface area contributed by atoms with Gasteiger partial charge in [-0.3, -0.25) is 4.79 Å². The summed E-state index contributed by atoms with van der Waals surface area (Å²) in [6.07, 6.45) is 2.13. The number of aryl methyl sites for hydroxylation is 1. The van der Waals surface area contributed by atoms with Gasteiger partial charge in [-0.2, -0.15) is 5.26 Å². The van der Waals surface area contributed by atoms with Crippen LogP contribution < -0.4 is 10.5 Å². The Balaban J connectivity index is 1.61. The van der Waals surface area contributed by atoms with Crippen molar-refractivity contribution in [3.8, 4) is 11.8 Å². The summed E-state index contributed by atoms with van der Waals surface area (Å²) in [6, 6.07) is 18.1. The summed E-state index contributed by atoms with van der Waals surface area (Å²) in [7, 11) is 1.83. The summed E-state index contributed by atoms with van der Waals surface area (Å²) in [5.74, 6) is 0.857. The predicted molar refractivity (Wildman–Crippen MR) is 115 cm³/mol. The van der Waals surface area contributed by atoms with E-state index in [4.69, 9.17) is 10.5 Å². The van der Waals surface area contributed by atoms with Crippen LogP contribution in [0.15, 0.2) is 71.2 Å². The summed E-state index contributed by atoms with van der Waals surface area (Å²) in [5.41, 5.74) is 11.6. The highest BCUT2D eigenvalue weighted by Gasteiger charge is 2.38. The maximum atomic E-state index is 12.8. The van der Waals surface area contributed by atoms with Crippen LogP contribution in [0.4, 0.5) is 0 Å². The minimum absolute atomic E-state index is 0.105. The third-order valence-corrected chi connectivity index (χ3v) is 5.91. The molecule has 0 saturated heterocycles. The van der Waals surface area contributed by atoms with E-state index in [0.29, 0.717) is 30.0 Å². The Morgan fingerprint density at radius 2 is 1.83 bits per heavy atom. The van der Waals surface area contributed by atoms with Crippen molar-refractivity contribution in [2.24, 2.45) is 5.73 Å². The number of Topliss-reactive ketones (excluding diaryl/α,β-unsaturated/α-hetero) is 1. The van der Waals surface area contributed by atoms with Crippen LogP contribution in [-0.2, 0) is 11.4 Å². The molecule has 2 aromatic rings. The molecule has 0 saturated carbocycles. The molecule has 2 aromatic carbocycles. The molecule has 0 fully saturated rings. The number of rotatable bonds is 4. The van der Waals surface area contributed by atoms with Gasteiger partial charge in [0.25, 0.3) is 0 Å². The highest BCUT2D eigenvalue weighted by molar-refractivity contribution is 5.99. The molecule has 1 aliphatic heterocycles.